The summed E-state index contributed by atoms with van der Waals surface area (Å²) >= 11 is 0. The molecule has 0 radical (unpaired) electrons. The molecular weight excluding hydrogens is 250 g/mol. The molecule has 1 aromatic carbocycles. The Kier molecular flexibility index (Phi) is 2.64. The minimum Gasteiger partial charge on any atom is -0.454 e. The predicted octanol–water partition coefficient (Wildman–Crippen LogP) is 1.39. The van der Waals surface area contributed by atoms with Crippen molar-refractivity contribution in [2.45, 2.75) is 0 Å². The van der Waals surface area contributed by atoms with Gasteiger partial charge in [-0.2, -0.15) is 0 Å². The number of hydrogen-bond acceptors (Lipinski definition) is 7. The Balaban J connectivity index is 1.93. The number of benzene rings is 1. The van der Waals surface area contributed by atoms with Gasteiger partial charge in [-0.15, -0.1) is 0 Å². The van der Waals surface area contributed by atoms with Crippen LogP contribution in [-0.4, -0.2) is 23.0 Å². The van der Waals surface area contributed by atoms with Gasteiger partial charge >= 0.3 is 0 Å². The van der Waals surface area contributed by atoms with E-state index in [1.165, 1.54) is 6.33 Å². The first kappa shape index (κ1) is 11.3. The molecule has 1 aliphatic heterocycles. The monoisotopic (exact) mass is 259 g/mol. The summed E-state index contributed by atoms with van der Waals surface area (Å²) < 4.78 is 15.9. The van der Waals surface area contributed by atoms with E-state index in [4.69, 9.17) is 19.9 Å². The number of aldehydes is 1. The molecule has 1 aromatic heterocycles. The van der Waals surface area contributed by atoms with Crippen LogP contribution in [0.2, 0.25) is 0 Å². The lowest BCUT2D eigenvalue weighted by Gasteiger charge is -2.08. The average Bonchev–Trinajstić information content (AvgIpc) is 2.86. The molecule has 0 atom stereocenters. The molecule has 19 heavy (non-hydrogen) atoms. The van der Waals surface area contributed by atoms with E-state index in [1.807, 2.05) is 0 Å². The molecule has 0 saturated heterocycles. The minimum atomic E-state index is 0.0701. The number of rotatable bonds is 3. The fourth-order valence-electron chi connectivity index (χ4n) is 1.64. The number of nitrogen functional groups attached to an aromatic ring is 1. The van der Waals surface area contributed by atoms with E-state index in [1.54, 1.807) is 18.2 Å². The lowest BCUT2D eigenvalue weighted by molar-refractivity contribution is 0.112. The van der Waals surface area contributed by atoms with Crippen LogP contribution in [0.1, 0.15) is 10.4 Å². The molecule has 1 aliphatic rings. The first-order valence-corrected chi connectivity index (χ1v) is 5.41. The van der Waals surface area contributed by atoms with Crippen molar-refractivity contribution < 1.29 is 19.0 Å². The summed E-state index contributed by atoms with van der Waals surface area (Å²) in [6, 6.07) is 5.04. The van der Waals surface area contributed by atoms with Gasteiger partial charge < -0.3 is 19.9 Å². The Morgan fingerprint density at radius 3 is 2.95 bits per heavy atom. The molecule has 0 spiro atoms. The van der Waals surface area contributed by atoms with Gasteiger partial charge in [0.25, 0.3) is 0 Å². The zero-order chi connectivity index (χ0) is 13.2. The van der Waals surface area contributed by atoms with Gasteiger partial charge in [0.05, 0.1) is 0 Å². The second-order valence-electron chi connectivity index (χ2n) is 3.71. The van der Waals surface area contributed by atoms with Gasteiger partial charge in [-0.25, -0.2) is 9.97 Å². The van der Waals surface area contributed by atoms with Crippen LogP contribution in [0, 0.1) is 0 Å². The zero-order valence-electron chi connectivity index (χ0n) is 9.70. The minimum absolute atomic E-state index is 0.0701. The van der Waals surface area contributed by atoms with Gasteiger partial charge in [0.15, 0.2) is 17.8 Å². The maximum Gasteiger partial charge on any atom is 0.235 e. The van der Waals surface area contributed by atoms with Crippen molar-refractivity contribution in [3.8, 4) is 23.1 Å². The van der Waals surface area contributed by atoms with Gasteiger partial charge in [-0.1, -0.05) is 0 Å². The molecule has 3 rings (SSSR count). The number of aromatic nitrogens is 2. The normalized spacial score (nSPS) is 12.2. The van der Waals surface area contributed by atoms with E-state index in [0.29, 0.717) is 23.5 Å². The van der Waals surface area contributed by atoms with Crippen molar-refractivity contribution >= 4 is 12.1 Å². The number of carbonyl (C=O) groups is 1. The third kappa shape index (κ3) is 2.01. The zero-order valence-corrected chi connectivity index (χ0v) is 9.70. The third-order valence-corrected chi connectivity index (χ3v) is 2.55. The maximum atomic E-state index is 10.9. The van der Waals surface area contributed by atoms with Crippen LogP contribution in [0.4, 0.5) is 5.82 Å². The Morgan fingerprint density at radius 1 is 1.26 bits per heavy atom. The summed E-state index contributed by atoms with van der Waals surface area (Å²) in [7, 11) is 0. The standard InChI is InChI=1S/C12H9N3O4/c13-11-8(4-16)12(15-5-14-11)19-7-1-2-9-10(3-7)18-6-17-9/h1-5H,6H2,(H2,13,14,15). The Morgan fingerprint density at radius 2 is 2.11 bits per heavy atom. The number of fused-ring (bicyclic) bond motifs is 1. The topological polar surface area (TPSA) is 96.6 Å². The van der Waals surface area contributed by atoms with Crippen molar-refractivity contribution in [1.82, 2.24) is 9.97 Å². The first-order valence-electron chi connectivity index (χ1n) is 5.41. The molecule has 2 aromatic rings. The molecule has 0 unspecified atom stereocenters. The summed E-state index contributed by atoms with van der Waals surface area (Å²) in [6.07, 6.45) is 1.78. The summed E-state index contributed by atoms with van der Waals surface area (Å²) in [5, 5.41) is 0. The Bertz CT molecular complexity index is 645. The number of carbonyl (C=O) groups excluding carboxylic acids is 1. The second kappa shape index (κ2) is 4.45. The lowest BCUT2D eigenvalue weighted by atomic mass is 10.3. The number of hydrogen-bond donors (Lipinski definition) is 1. The molecule has 0 amide bonds. The van der Waals surface area contributed by atoms with Gasteiger partial charge in [0.1, 0.15) is 23.5 Å². The Hall–Kier alpha value is -2.83. The quantitative estimate of drug-likeness (QED) is 0.832. The first-order chi connectivity index (χ1) is 9.28. The van der Waals surface area contributed by atoms with Crippen LogP contribution in [0.5, 0.6) is 23.1 Å². The predicted molar refractivity (Wildman–Crippen MR) is 64.5 cm³/mol. The highest BCUT2D eigenvalue weighted by Gasteiger charge is 2.16. The lowest BCUT2D eigenvalue weighted by Crippen LogP contribution is -2.01. The van der Waals surface area contributed by atoms with Crippen molar-refractivity contribution in [2.24, 2.45) is 0 Å². The van der Waals surface area contributed by atoms with Gasteiger partial charge in [-0.3, -0.25) is 4.79 Å². The van der Waals surface area contributed by atoms with Crippen LogP contribution in [0.3, 0.4) is 0 Å². The van der Waals surface area contributed by atoms with Crippen LogP contribution in [0.15, 0.2) is 24.5 Å². The van der Waals surface area contributed by atoms with Crippen LogP contribution >= 0.6 is 0 Å². The second-order valence-corrected chi connectivity index (χ2v) is 3.71. The molecule has 96 valence electrons. The highest BCUT2D eigenvalue weighted by Crippen LogP contribution is 2.36. The molecule has 0 bridgehead atoms. The average molecular weight is 259 g/mol. The fraction of sp³-hybridized carbons (Fsp3) is 0.0833. The van der Waals surface area contributed by atoms with E-state index in [2.05, 4.69) is 9.97 Å². The van der Waals surface area contributed by atoms with Crippen LogP contribution < -0.4 is 19.9 Å². The Labute approximate surface area is 107 Å². The summed E-state index contributed by atoms with van der Waals surface area (Å²) in [6.45, 7) is 0.179. The third-order valence-electron chi connectivity index (χ3n) is 2.55. The number of nitrogens with zero attached hydrogens (tertiary/aromatic N) is 2. The highest BCUT2D eigenvalue weighted by atomic mass is 16.7. The largest absolute Gasteiger partial charge is 0.454 e. The van der Waals surface area contributed by atoms with Gasteiger partial charge in [0.2, 0.25) is 12.7 Å². The molecule has 0 fully saturated rings. The molecular formula is C12H9N3O4. The SMILES string of the molecule is Nc1ncnc(Oc2ccc3c(c2)OCO3)c1C=O. The van der Waals surface area contributed by atoms with Gasteiger partial charge in [0, 0.05) is 6.07 Å². The number of ether oxygens (including phenoxy) is 3. The summed E-state index contributed by atoms with van der Waals surface area (Å²) in [4.78, 5) is 18.5. The molecule has 2 heterocycles. The molecule has 7 nitrogen and oxygen atoms in total. The van der Waals surface area contributed by atoms with Gasteiger partial charge in [-0.05, 0) is 12.1 Å². The van der Waals surface area contributed by atoms with Crippen molar-refractivity contribution in [2.75, 3.05) is 12.5 Å². The molecule has 0 saturated carbocycles. The van der Waals surface area contributed by atoms with E-state index in [-0.39, 0.29) is 24.1 Å². The smallest absolute Gasteiger partial charge is 0.235 e. The van der Waals surface area contributed by atoms with E-state index in [9.17, 15) is 4.79 Å². The molecule has 2 N–H and O–H groups in total. The maximum absolute atomic E-state index is 10.9. The fourth-order valence-corrected chi connectivity index (χ4v) is 1.64. The van der Waals surface area contributed by atoms with Crippen molar-refractivity contribution in [3.05, 3.63) is 30.1 Å². The van der Waals surface area contributed by atoms with E-state index in [0.717, 1.165) is 0 Å². The van der Waals surface area contributed by atoms with Crippen molar-refractivity contribution in [1.29, 1.82) is 0 Å². The van der Waals surface area contributed by atoms with Crippen LogP contribution in [0.25, 0.3) is 0 Å². The molecule has 7 heteroatoms. The number of nitrogens with two attached hydrogens (primary N) is 1. The van der Waals surface area contributed by atoms with Crippen molar-refractivity contribution in [3.63, 3.8) is 0 Å². The van der Waals surface area contributed by atoms with Crippen LogP contribution in [-0.2, 0) is 0 Å². The molecule has 0 aliphatic carbocycles. The summed E-state index contributed by atoms with van der Waals surface area (Å²) in [5.41, 5.74) is 5.68. The van der Waals surface area contributed by atoms with E-state index < -0.39 is 0 Å². The number of anilines is 1. The summed E-state index contributed by atoms with van der Waals surface area (Å²) in [5.74, 6) is 1.85. The van der Waals surface area contributed by atoms with E-state index >= 15 is 0 Å². The highest BCUT2D eigenvalue weighted by molar-refractivity contribution is 5.84.